The van der Waals surface area contributed by atoms with E-state index in [-0.39, 0.29) is 36.4 Å². The third-order valence-electron chi connectivity index (χ3n) is 4.15. The zero-order valence-corrected chi connectivity index (χ0v) is 15.1. The molecule has 2 aliphatic heterocycles. The molecule has 0 radical (unpaired) electrons. The van der Waals surface area contributed by atoms with E-state index in [1.54, 1.807) is 12.1 Å². The highest BCUT2D eigenvalue weighted by atomic mass is 32.2. The van der Waals surface area contributed by atoms with Crippen molar-refractivity contribution in [2.45, 2.75) is 26.1 Å². The molecule has 1 aromatic carbocycles. The lowest BCUT2D eigenvalue weighted by Gasteiger charge is -2.37. The van der Waals surface area contributed by atoms with Crippen LogP contribution < -0.4 is 10.2 Å². The van der Waals surface area contributed by atoms with Gasteiger partial charge in [0.05, 0.1) is 29.5 Å². The number of nitrogens with zero attached hydrogens (tertiary/aromatic N) is 2. The van der Waals surface area contributed by atoms with Crippen molar-refractivity contribution in [3.63, 3.8) is 0 Å². The summed E-state index contributed by atoms with van der Waals surface area (Å²) in [5, 5.41) is 2.65. The Hall–Kier alpha value is -1.80. The average Bonchev–Trinajstić information content (AvgIpc) is 2.91. The summed E-state index contributed by atoms with van der Waals surface area (Å²) in [5.41, 5.74) is 0.894. The fraction of sp³-hybridized carbons (Fsp3) is 0.529. The van der Waals surface area contributed by atoms with Crippen LogP contribution in [0.2, 0.25) is 0 Å². The van der Waals surface area contributed by atoms with Crippen LogP contribution in [-0.2, 0) is 14.3 Å². The van der Waals surface area contributed by atoms with Crippen molar-refractivity contribution in [2.75, 3.05) is 41.5 Å². The summed E-state index contributed by atoms with van der Waals surface area (Å²) in [6.07, 6.45) is 0.0804. The van der Waals surface area contributed by atoms with E-state index in [1.807, 2.05) is 18.7 Å². The molecule has 0 saturated carbocycles. The number of thioether (sulfide) groups is 1. The minimum Gasteiger partial charge on any atom is -0.372 e. The van der Waals surface area contributed by atoms with Crippen molar-refractivity contribution in [2.24, 2.45) is 0 Å². The van der Waals surface area contributed by atoms with Crippen LogP contribution in [0.3, 0.4) is 0 Å². The Morgan fingerprint density at radius 1 is 1.36 bits per heavy atom. The van der Waals surface area contributed by atoms with Crippen LogP contribution in [0.1, 0.15) is 13.8 Å². The molecule has 2 heterocycles. The second-order valence-electron chi connectivity index (χ2n) is 6.45. The lowest BCUT2D eigenvalue weighted by Crippen LogP contribution is -2.45. The fourth-order valence-electron chi connectivity index (χ4n) is 3.13. The highest BCUT2D eigenvalue weighted by molar-refractivity contribution is 8.00. The Bertz CT molecular complexity index is 663. The maximum atomic E-state index is 14.5. The molecule has 2 saturated heterocycles. The number of hydrogen-bond donors (Lipinski definition) is 1. The zero-order valence-electron chi connectivity index (χ0n) is 14.3. The van der Waals surface area contributed by atoms with Gasteiger partial charge >= 0.3 is 0 Å². The molecule has 25 heavy (non-hydrogen) atoms. The molecule has 2 atom stereocenters. The van der Waals surface area contributed by atoms with Gasteiger partial charge in [-0.15, -0.1) is 11.8 Å². The topological polar surface area (TPSA) is 61.9 Å². The number of hydrogen-bond acceptors (Lipinski definition) is 5. The minimum atomic E-state index is -0.382. The van der Waals surface area contributed by atoms with Crippen LogP contribution in [0.5, 0.6) is 0 Å². The number of carbonyl (C=O) groups excluding carboxylic acids is 2. The third-order valence-corrected chi connectivity index (χ3v) is 5.10. The van der Waals surface area contributed by atoms with Gasteiger partial charge in [-0.25, -0.2) is 4.39 Å². The molecule has 0 bridgehead atoms. The fourth-order valence-corrected chi connectivity index (χ4v) is 4.03. The van der Waals surface area contributed by atoms with E-state index in [0.717, 1.165) is 0 Å². The molecule has 2 unspecified atom stereocenters. The maximum absolute atomic E-state index is 14.5. The third kappa shape index (κ3) is 4.43. The second kappa shape index (κ2) is 7.61. The van der Waals surface area contributed by atoms with Gasteiger partial charge in [-0.05, 0) is 32.0 Å². The molecule has 0 aliphatic carbocycles. The summed E-state index contributed by atoms with van der Waals surface area (Å²) in [6, 6.07) is 4.67. The zero-order chi connectivity index (χ0) is 18.0. The lowest BCUT2D eigenvalue weighted by molar-refractivity contribution is -0.130. The molecular weight excluding hydrogens is 345 g/mol. The van der Waals surface area contributed by atoms with E-state index >= 15 is 0 Å². The normalized spacial score (nSPS) is 23.9. The largest absolute Gasteiger partial charge is 0.372 e. The summed E-state index contributed by atoms with van der Waals surface area (Å²) in [5.74, 6) is 0.181. The highest BCUT2D eigenvalue weighted by Crippen LogP contribution is 2.26. The standard InChI is InChI=1S/C17H22FN3O3S/c1-11-6-20(7-12(2)24-11)15-4-3-13(5-14(15)18)19-16(22)8-21-10-25-9-17(21)23/h3-5,11-12H,6-10H2,1-2H3,(H,19,22). The van der Waals surface area contributed by atoms with Crippen LogP contribution >= 0.6 is 11.8 Å². The summed E-state index contributed by atoms with van der Waals surface area (Å²) in [4.78, 5) is 27.0. The van der Waals surface area contributed by atoms with Crippen molar-refractivity contribution >= 4 is 35.0 Å². The summed E-state index contributed by atoms with van der Waals surface area (Å²) in [7, 11) is 0. The Kier molecular flexibility index (Phi) is 5.48. The first-order valence-electron chi connectivity index (χ1n) is 8.27. The summed E-state index contributed by atoms with van der Waals surface area (Å²) < 4.78 is 20.2. The number of benzene rings is 1. The van der Waals surface area contributed by atoms with Crippen LogP contribution in [0, 0.1) is 5.82 Å². The Labute approximate surface area is 150 Å². The number of morpholine rings is 1. The van der Waals surface area contributed by atoms with Crippen LogP contribution in [-0.4, -0.2) is 60.2 Å². The van der Waals surface area contributed by atoms with Gasteiger partial charge in [0.15, 0.2) is 0 Å². The van der Waals surface area contributed by atoms with Gasteiger partial charge in [-0.3, -0.25) is 9.59 Å². The van der Waals surface area contributed by atoms with Crippen molar-refractivity contribution in [1.82, 2.24) is 4.90 Å². The van der Waals surface area contributed by atoms with Crippen molar-refractivity contribution < 1.29 is 18.7 Å². The SMILES string of the molecule is CC1CN(c2ccc(NC(=O)CN3CSCC3=O)cc2F)CC(C)O1. The quantitative estimate of drug-likeness (QED) is 0.881. The van der Waals surface area contributed by atoms with Crippen LogP contribution in [0.25, 0.3) is 0 Å². The number of carbonyl (C=O) groups is 2. The van der Waals surface area contributed by atoms with Gasteiger partial charge in [0.1, 0.15) is 12.4 Å². The van der Waals surface area contributed by atoms with E-state index in [9.17, 15) is 14.0 Å². The van der Waals surface area contributed by atoms with Crippen molar-refractivity contribution in [3.05, 3.63) is 24.0 Å². The van der Waals surface area contributed by atoms with Gasteiger partial charge in [-0.2, -0.15) is 0 Å². The predicted molar refractivity (Wildman–Crippen MR) is 96.3 cm³/mol. The average molecular weight is 367 g/mol. The summed E-state index contributed by atoms with van der Waals surface area (Å²) >= 11 is 1.48. The molecule has 136 valence electrons. The smallest absolute Gasteiger partial charge is 0.244 e. The number of nitrogens with one attached hydrogen (secondary N) is 1. The van der Waals surface area contributed by atoms with E-state index < -0.39 is 0 Å². The number of amides is 2. The van der Waals surface area contributed by atoms with Crippen molar-refractivity contribution in [1.29, 1.82) is 0 Å². The number of rotatable bonds is 4. The van der Waals surface area contributed by atoms with Gasteiger partial charge in [0.2, 0.25) is 11.8 Å². The Balaban J connectivity index is 1.63. The molecule has 2 amide bonds. The monoisotopic (exact) mass is 367 g/mol. The molecule has 1 N–H and O–H groups in total. The molecule has 0 aromatic heterocycles. The minimum absolute atomic E-state index is 0.00625. The summed E-state index contributed by atoms with van der Waals surface area (Å²) in [6.45, 7) is 5.18. The first-order valence-corrected chi connectivity index (χ1v) is 9.43. The predicted octanol–water partition coefficient (Wildman–Crippen LogP) is 1.91. The molecule has 3 rings (SSSR count). The number of anilines is 2. The lowest BCUT2D eigenvalue weighted by atomic mass is 10.2. The molecule has 2 aliphatic rings. The molecule has 2 fully saturated rings. The van der Waals surface area contributed by atoms with Crippen LogP contribution in [0.4, 0.5) is 15.8 Å². The first kappa shape index (κ1) is 18.0. The molecule has 0 spiro atoms. The van der Waals surface area contributed by atoms with E-state index in [1.165, 1.54) is 22.7 Å². The van der Waals surface area contributed by atoms with Gasteiger partial charge in [0.25, 0.3) is 0 Å². The van der Waals surface area contributed by atoms with Gasteiger partial charge in [-0.1, -0.05) is 0 Å². The molecule has 1 aromatic rings. The van der Waals surface area contributed by atoms with Gasteiger partial charge in [0, 0.05) is 18.8 Å². The number of halogens is 1. The van der Waals surface area contributed by atoms with E-state index in [4.69, 9.17) is 4.74 Å². The first-order chi connectivity index (χ1) is 11.9. The second-order valence-corrected chi connectivity index (χ2v) is 7.40. The van der Waals surface area contributed by atoms with E-state index in [2.05, 4.69) is 5.32 Å². The molecule has 8 heteroatoms. The molecular formula is C17H22FN3O3S. The Morgan fingerprint density at radius 3 is 2.68 bits per heavy atom. The Morgan fingerprint density at radius 2 is 2.08 bits per heavy atom. The van der Waals surface area contributed by atoms with Crippen molar-refractivity contribution in [3.8, 4) is 0 Å². The van der Waals surface area contributed by atoms with Crippen LogP contribution in [0.15, 0.2) is 18.2 Å². The van der Waals surface area contributed by atoms with Gasteiger partial charge < -0.3 is 19.9 Å². The van der Waals surface area contributed by atoms with E-state index in [0.29, 0.717) is 36.1 Å². The maximum Gasteiger partial charge on any atom is 0.244 e. The number of ether oxygens (including phenoxy) is 1. The molecule has 6 nitrogen and oxygen atoms in total. The highest BCUT2D eigenvalue weighted by Gasteiger charge is 2.25.